The monoisotopic (exact) mass is 322 g/mol. The molecule has 0 aliphatic rings. The third-order valence-corrected chi connectivity index (χ3v) is 4.25. The van der Waals surface area contributed by atoms with Crippen molar-refractivity contribution in [3.8, 4) is 22.5 Å². The molecular formula is C14H12ClFN4S. The first-order valence-corrected chi connectivity index (χ1v) is 7.44. The number of thiazole rings is 1. The van der Waals surface area contributed by atoms with Crippen LogP contribution in [0.2, 0.25) is 5.02 Å². The first-order chi connectivity index (χ1) is 9.99. The lowest BCUT2D eigenvalue weighted by molar-refractivity contribution is 0.631. The molecule has 2 aromatic heterocycles. The maximum Gasteiger partial charge on any atom is 0.132 e. The third-order valence-electron chi connectivity index (χ3n) is 3.17. The number of halogens is 2. The second-order valence-electron chi connectivity index (χ2n) is 4.58. The van der Waals surface area contributed by atoms with E-state index in [0.717, 1.165) is 5.01 Å². The Labute approximate surface area is 130 Å². The Morgan fingerprint density at radius 2 is 2.10 bits per heavy atom. The fraction of sp³-hybridized carbons (Fsp3) is 0.143. The highest BCUT2D eigenvalue weighted by atomic mass is 35.5. The number of nitrogen functional groups attached to an aromatic ring is 1. The van der Waals surface area contributed by atoms with Crippen LogP contribution < -0.4 is 5.73 Å². The number of nitrogens with two attached hydrogens (primary N) is 1. The molecule has 1 aromatic carbocycles. The largest absolute Gasteiger partial charge is 0.383 e. The van der Waals surface area contributed by atoms with E-state index in [0.29, 0.717) is 27.8 Å². The van der Waals surface area contributed by atoms with Crippen LogP contribution in [0.1, 0.15) is 5.01 Å². The zero-order valence-electron chi connectivity index (χ0n) is 11.4. The molecule has 0 fully saturated rings. The Kier molecular flexibility index (Phi) is 3.43. The van der Waals surface area contributed by atoms with Crippen LogP contribution in [-0.4, -0.2) is 14.8 Å². The normalized spacial score (nSPS) is 11.0. The van der Waals surface area contributed by atoms with Crippen LogP contribution in [0.3, 0.4) is 0 Å². The van der Waals surface area contributed by atoms with Crippen molar-refractivity contribution in [1.82, 2.24) is 14.8 Å². The van der Waals surface area contributed by atoms with E-state index < -0.39 is 5.82 Å². The summed E-state index contributed by atoms with van der Waals surface area (Å²) in [4.78, 5) is 4.40. The minimum absolute atomic E-state index is 0.255. The van der Waals surface area contributed by atoms with Gasteiger partial charge >= 0.3 is 0 Å². The summed E-state index contributed by atoms with van der Waals surface area (Å²) in [6.45, 7) is 1.90. The quantitative estimate of drug-likeness (QED) is 0.778. The summed E-state index contributed by atoms with van der Waals surface area (Å²) < 4.78 is 15.7. The van der Waals surface area contributed by atoms with Crippen molar-refractivity contribution in [2.24, 2.45) is 7.05 Å². The SMILES string of the molecule is Cc1nc(-c2nn(C)c(N)c2-c2c(F)cccc2Cl)cs1. The van der Waals surface area contributed by atoms with Gasteiger partial charge < -0.3 is 5.73 Å². The third kappa shape index (κ3) is 2.30. The Morgan fingerprint density at radius 1 is 1.33 bits per heavy atom. The van der Waals surface area contributed by atoms with Crippen molar-refractivity contribution < 1.29 is 4.39 Å². The average Bonchev–Trinajstić information content (AvgIpc) is 2.97. The van der Waals surface area contributed by atoms with Gasteiger partial charge in [0.1, 0.15) is 23.0 Å². The highest BCUT2D eigenvalue weighted by Gasteiger charge is 2.23. The van der Waals surface area contributed by atoms with Crippen LogP contribution in [0.4, 0.5) is 10.2 Å². The molecule has 7 heteroatoms. The van der Waals surface area contributed by atoms with Crippen molar-refractivity contribution in [1.29, 1.82) is 0 Å². The Morgan fingerprint density at radius 3 is 2.71 bits per heavy atom. The van der Waals surface area contributed by atoms with Crippen molar-refractivity contribution in [2.45, 2.75) is 6.92 Å². The Balaban J connectivity index is 2.32. The smallest absolute Gasteiger partial charge is 0.132 e. The molecule has 0 amide bonds. The van der Waals surface area contributed by atoms with E-state index in [2.05, 4.69) is 10.1 Å². The molecule has 4 nitrogen and oxygen atoms in total. The highest BCUT2D eigenvalue weighted by Crippen LogP contribution is 2.40. The molecule has 2 N–H and O–H groups in total. The van der Waals surface area contributed by atoms with Gasteiger partial charge in [0.2, 0.25) is 0 Å². The molecule has 0 unspecified atom stereocenters. The first kappa shape index (κ1) is 14.0. The summed E-state index contributed by atoms with van der Waals surface area (Å²) in [6, 6.07) is 4.53. The maximum atomic E-state index is 14.2. The van der Waals surface area contributed by atoms with Gasteiger partial charge in [-0.05, 0) is 19.1 Å². The van der Waals surface area contributed by atoms with E-state index in [-0.39, 0.29) is 5.56 Å². The number of hydrogen-bond acceptors (Lipinski definition) is 4. The molecule has 3 aromatic rings. The van der Waals surface area contributed by atoms with Crippen LogP contribution in [0.25, 0.3) is 22.5 Å². The predicted octanol–water partition coefficient (Wildman–Crippen LogP) is 3.89. The number of aromatic nitrogens is 3. The van der Waals surface area contributed by atoms with Gasteiger partial charge in [-0.1, -0.05) is 17.7 Å². The number of rotatable bonds is 2. The molecule has 0 aliphatic carbocycles. The molecule has 0 atom stereocenters. The summed E-state index contributed by atoms with van der Waals surface area (Å²) in [5.74, 6) is -0.0851. The minimum atomic E-state index is -0.435. The lowest BCUT2D eigenvalue weighted by Gasteiger charge is -2.07. The summed E-state index contributed by atoms with van der Waals surface area (Å²) in [5.41, 5.74) is 8.00. The molecule has 0 aliphatic heterocycles. The van der Waals surface area contributed by atoms with Gasteiger partial charge in [-0.2, -0.15) is 5.10 Å². The van der Waals surface area contributed by atoms with Gasteiger partial charge in [0.05, 0.1) is 15.6 Å². The predicted molar refractivity (Wildman–Crippen MR) is 83.9 cm³/mol. The molecule has 0 saturated heterocycles. The fourth-order valence-corrected chi connectivity index (χ4v) is 3.03. The molecule has 0 spiro atoms. The standard InChI is InChI=1S/C14H12ClFN4S/c1-7-18-10(6-21-7)13-12(14(17)20(2)19-13)11-8(15)4-3-5-9(11)16/h3-6H,17H2,1-2H3. The van der Waals surface area contributed by atoms with Gasteiger partial charge in [-0.3, -0.25) is 4.68 Å². The summed E-state index contributed by atoms with van der Waals surface area (Å²) in [6.07, 6.45) is 0. The topological polar surface area (TPSA) is 56.7 Å². The number of nitrogens with zero attached hydrogens (tertiary/aromatic N) is 3. The van der Waals surface area contributed by atoms with E-state index in [1.54, 1.807) is 19.2 Å². The average molecular weight is 323 g/mol. The number of benzene rings is 1. The summed E-state index contributed by atoms with van der Waals surface area (Å²) in [5, 5.41) is 7.43. The number of aryl methyl sites for hydroxylation is 2. The lowest BCUT2D eigenvalue weighted by atomic mass is 10.0. The Hall–Kier alpha value is -1.92. The second kappa shape index (κ2) is 5.13. The zero-order chi connectivity index (χ0) is 15.1. The van der Waals surface area contributed by atoms with E-state index in [1.165, 1.54) is 22.1 Å². The highest BCUT2D eigenvalue weighted by molar-refractivity contribution is 7.09. The zero-order valence-corrected chi connectivity index (χ0v) is 13.0. The van der Waals surface area contributed by atoms with Crippen LogP contribution in [0.5, 0.6) is 0 Å². The van der Waals surface area contributed by atoms with Crippen LogP contribution in [-0.2, 0) is 7.05 Å². The molecule has 0 radical (unpaired) electrons. The molecule has 21 heavy (non-hydrogen) atoms. The van der Waals surface area contributed by atoms with Crippen molar-refractivity contribution in [3.63, 3.8) is 0 Å². The van der Waals surface area contributed by atoms with Gasteiger partial charge in [0.15, 0.2) is 0 Å². The molecule has 0 bridgehead atoms. The van der Waals surface area contributed by atoms with Gasteiger partial charge in [0.25, 0.3) is 0 Å². The minimum Gasteiger partial charge on any atom is -0.383 e. The molecule has 0 saturated carbocycles. The fourth-order valence-electron chi connectivity index (χ4n) is 2.17. The first-order valence-electron chi connectivity index (χ1n) is 6.18. The van der Waals surface area contributed by atoms with Gasteiger partial charge in [-0.15, -0.1) is 11.3 Å². The number of anilines is 1. The van der Waals surface area contributed by atoms with Gasteiger partial charge in [-0.25, -0.2) is 9.37 Å². The van der Waals surface area contributed by atoms with Crippen LogP contribution in [0, 0.1) is 12.7 Å². The molecule has 3 rings (SSSR count). The summed E-state index contributed by atoms with van der Waals surface area (Å²) >= 11 is 7.66. The van der Waals surface area contributed by atoms with E-state index in [9.17, 15) is 4.39 Å². The van der Waals surface area contributed by atoms with Crippen molar-refractivity contribution >= 4 is 28.8 Å². The van der Waals surface area contributed by atoms with E-state index >= 15 is 0 Å². The number of hydrogen-bond donors (Lipinski definition) is 1. The molecule has 2 heterocycles. The maximum absolute atomic E-state index is 14.2. The van der Waals surface area contributed by atoms with Crippen molar-refractivity contribution in [2.75, 3.05) is 5.73 Å². The second-order valence-corrected chi connectivity index (χ2v) is 6.05. The van der Waals surface area contributed by atoms with Crippen LogP contribution in [0.15, 0.2) is 23.6 Å². The molecular weight excluding hydrogens is 311 g/mol. The Bertz CT molecular complexity index is 804. The van der Waals surface area contributed by atoms with Gasteiger partial charge in [0, 0.05) is 18.0 Å². The molecule has 108 valence electrons. The lowest BCUT2D eigenvalue weighted by Crippen LogP contribution is -1.98. The van der Waals surface area contributed by atoms with Crippen LogP contribution >= 0.6 is 22.9 Å². The van der Waals surface area contributed by atoms with Crippen molar-refractivity contribution in [3.05, 3.63) is 39.4 Å². The summed E-state index contributed by atoms with van der Waals surface area (Å²) in [7, 11) is 1.70. The van der Waals surface area contributed by atoms with E-state index in [4.69, 9.17) is 17.3 Å². The van der Waals surface area contributed by atoms with E-state index in [1.807, 2.05) is 12.3 Å².